The molecule has 0 heterocycles. The number of aliphatic hydroxyl groups is 1. The third-order valence-electron chi connectivity index (χ3n) is 2.68. The average molecular weight is 241 g/mol. The molecule has 4 heteroatoms. The zero-order valence-corrected chi connectivity index (χ0v) is 10.7. The molecule has 2 N–H and O–H groups in total. The maximum atomic E-state index is 11.6. The van der Waals surface area contributed by atoms with Crippen molar-refractivity contribution < 1.29 is 14.6 Å². The normalized spacial score (nSPS) is 23.3. The standard InChI is InChI=1S/C13H23NO3/c1-10(2)9-17-6-5-13(16)14-12-4-3-11(7-12)8-15/h3-4,10-12,15H,5-9H2,1-2H3,(H,14,16)/t11-,12+/m0/s1. The Morgan fingerprint density at radius 3 is 2.88 bits per heavy atom. The molecule has 1 aliphatic carbocycles. The summed E-state index contributed by atoms with van der Waals surface area (Å²) in [6, 6.07) is 0.0738. The second-order valence-corrected chi connectivity index (χ2v) is 4.96. The Kier molecular flexibility index (Phi) is 6.22. The van der Waals surface area contributed by atoms with Crippen LogP contribution in [-0.2, 0) is 9.53 Å². The number of aliphatic hydroxyl groups excluding tert-OH is 1. The molecule has 0 saturated heterocycles. The van der Waals surface area contributed by atoms with Crippen LogP contribution in [0.1, 0.15) is 26.7 Å². The van der Waals surface area contributed by atoms with Crippen molar-refractivity contribution in [2.75, 3.05) is 19.8 Å². The molecular formula is C13H23NO3. The predicted molar refractivity (Wildman–Crippen MR) is 66.5 cm³/mol. The first-order valence-electron chi connectivity index (χ1n) is 6.28. The fourth-order valence-corrected chi connectivity index (χ4v) is 1.78. The van der Waals surface area contributed by atoms with Crippen molar-refractivity contribution in [1.82, 2.24) is 5.32 Å². The van der Waals surface area contributed by atoms with Gasteiger partial charge in [-0.05, 0) is 12.3 Å². The van der Waals surface area contributed by atoms with E-state index in [1.807, 2.05) is 12.2 Å². The summed E-state index contributed by atoms with van der Waals surface area (Å²) in [5.74, 6) is 0.709. The Morgan fingerprint density at radius 1 is 1.53 bits per heavy atom. The summed E-state index contributed by atoms with van der Waals surface area (Å²) in [6.45, 7) is 5.49. The maximum Gasteiger partial charge on any atom is 0.222 e. The van der Waals surface area contributed by atoms with Crippen LogP contribution in [0.3, 0.4) is 0 Å². The summed E-state index contributed by atoms with van der Waals surface area (Å²) >= 11 is 0. The molecule has 0 unspecified atom stereocenters. The van der Waals surface area contributed by atoms with Crippen LogP contribution in [0.15, 0.2) is 12.2 Å². The van der Waals surface area contributed by atoms with Gasteiger partial charge >= 0.3 is 0 Å². The average Bonchev–Trinajstić information content (AvgIpc) is 2.72. The van der Waals surface area contributed by atoms with E-state index in [2.05, 4.69) is 19.2 Å². The van der Waals surface area contributed by atoms with Gasteiger partial charge < -0.3 is 15.2 Å². The first-order chi connectivity index (χ1) is 8.11. The molecule has 4 nitrogen and oxygen atoms in total. The third kappa shape index (κ3) is 5.84. The number of ether oxygens (including phenoxy) is 1. The van der Waals surface area contributed by atoms with E-state index >= 15 is 0 Å². The Labute approximate surface area is 103 Å². The van der Waals surface area contributed by atoms with Crippen molar-refractivity contribution in [3.63, 3.8) is 0 Å². The largest absolute Gasteiger partial charge is 0.396 e. The molecule has 1 rings (SSSR count). The minimum absolute atomic E-state index is 0.0157. The van der Waals surface area contributed by atoms with E-state index in [1.165, 1.54) is 0 Å². The van der Waals surface area contributed by atoms with E-state index in [-0.39, 0.29) is 24.5 Å². The summed E-state index contributed by atoms with van der Waals surface area (Å²) < 4.78 is 5.35. The van der Waals surface area contributed by atoms with Gasteiger partial charge in [0.25, 0.3) is 0 Å². The lowest BCUT2D eigenvalue weighted by Gasteiger charge is -2.13. The van der Waals surface area contributed by atoms with Crippen molar-refractivity contribution in [3.05, 3.63) is 12.2 Å². The second-order valence-electron chi connectivity index (χ2n) is 4.96. The molecule has 98 valence electrons. The molecular weight excluding hydrogens is 218 g/mol. The van der Waals surface area contributed by atoms with E-state index < -0.39 is 0 Å². The molecule has 2 atom stereocenters. The molecule has 0 bridgehead atoms. The first-order valence-corrected chi connectivity index (χ1v) is 6.28. The van der Waals surface area contributed by atoms with Gasteiger partial charge in [-0.25, -0.2) is 0 Å². The number of hydrogen-bond acceptors (Lipinski definition) is 3. The molecule has 0 spiro atoms. The number of hydrogen-bond donors (Lipinski definition) is 2. The van der Waals surface area contributed by atoms with Gasteiger partial charge in [0.05, 0.1) is 6.61 Å². The van der Waals surface area contributed by atoms with Crippen LogP contribution in [0.2, 0.25) is 0 Å². The number of carbonyl (C=O) groups excluding carboxylic acids is 1. The Morgan fingerprint density at radius 2 is 2.29 bits per heavy atom. The molecule has 0 fully saturated rings. The topological polar surface area (TPSA) is 58.6 Å². The molecule has 0 saturated carbocycles. The highest BCUT2D eigenvalue weighted by molar-refractivity contribution is 5.76. The van der Waals surface area contributed by atoms with Crippen molar-refractivity contribution in [2.24, 2.45) is 11.8 Å². The van der Waals surface area contributed by atoms with E-state index in [4.69, 9.17) is 9.84 Å². The fraction of sp³-hybridized carbons (Fsp3) is 0.769. The van der Waals surface area contributed by atoms with Gasteiger partial charge in [-0.1, -0.05) is 26.0 Å². The van der Waals surface area contributed by atoms with Crippen LogP contribution in [0.4, 0.5) is 0 Å². The monoisotopic (exact) mass is 241 g/mol. The maximum absolute atomic E-state index is 11.6. The van der Waals surface area contributed by atoms with Gasteiger partial charge in [-0.15, -0.1) is 0 Å². The van der Waals surface area contributed by atoms with Crippen LogP contribution in [-0.4, -0.2) is 36.9 Å². The molecule has 1 aliphatic rings. The minimum atomic E-state index is 0.0157. The lowest BCUT2D eigenvalue weighted by molar-refractivity contribution is -0.122. The molecule has 0 aromatic rings. The lowest BCUT2D eigenvalue weighted by atomic mass is 10.1. The van der Waals surface area contributed by atoms with Crippen molar-refractivity contribution in [2.45, 2.75) is 32.7 Å². The van der Waals surface area contributed by atoms with E-state index in [1.54, 1.807) is 0 Å². The summed E-state index contributed by atoms with van der Waals surface area (Å²) in [6.07, 6.45) is 5.11. The number of nitrogens with one attached hydrogen (secondary N) is 1. The highest BCUT2D eigenvalue weighted by Crippen LogP contribution is 2.16. The van der Waals surface area contributed by atoms with Crippen LogP contribution in [0.25, 0.3) is 0 Å². The van der Waals surface area contributed by atoms with E-state index in [9.17, 15) is 4.79 Å². The quantitative estimate of drug-likeness (QED) is 0.518. The summed E-state index contributed by atoms with van der Waals surface area (Å²) in [7, 11) is 0. The highest BCUT2D eigenvalue weighted by atomic mass is 16.5. The van der Waals surface area contributed by atoms with E-state index in [0.29, 0.717) is 25.6 Å². The van der Waals surface area contributed by atoms with Crippen molar-refractivity contribution >= 4 is 5.91 Å². The molecule has 0 aliphatic heterocycles. The predicted octanol–water partition coefficient (Wildman–Crippen LogP) is 1.10. The molecule has 17 heavy (non-hydrogen) atoms. The Bertz CT molecular complexity index is 263. The van der Waals surface area contributed by atoms with Gasteiger partial charge in [-0.3, -0.25) is 4.79 Å². The molecule has 0 aromatic heterocycles. The lowest BCUT2D eigenvalue weighted by Crippen LogP contribution is -2.33. The zero-order chi connectivity index (χ0) is 12.7. The zero-order valence-electron chi connectivity index (χ0n) is 10.7. The van der Waals surface area contributed by atoms with Crippen molar-refractivity contribution in [3.8, 4) is 0 Å². The number of carbonyl (C=O) groups is 1. The Balaban J connectivity index is 2.08. The second kappa shape index (κ2) is 7.45. The van der Waals surface area contributed by atoms with Crippen LogP contribution >= 0.6 is 0 Å². The third-order valence-corrected chi connectivity index (χ3v) is 2.68. The molecule has 0 radical (unpaired) electrons. The van der Waals surface area contributed by atoms with Gasteiger partial charge in [0, 0.05) is 31.6 Å². The SMILES string of the molecule is CC(C)COCCC(=O)N[C@@H]1C=C[C@H](CO)C1. The molecule has 1 amide bonds. The Hall–Kier alpha value is -0.870. The summed E-state index contributed by atoms with van der Waals surface area (Å²) in [5.41, 5.74) is 0. The smallest absolute Gasteiger partial charge is 0.222 e. The summed E-state index contributed by atoms with van der Waals surface area (Å²) in [5, 5.41) is 11.9. The van der Waals surface area contributed by atoms with Crippen LogP contribution < -0.4 is 5.32 Å². The van der Waals surface area contributed by atoms with Crippen molar-refractivity contribution in [1.29, 1.82) is 0 Å². The highest BCUT2D eigenvalue weighted by Gasteiger charge is 2.19. The van der Waals surface area contributed by atoms with Crippen LogP contribution in [0.5, 0.6) is 0 Å². The van der Waals surface area contributed by atoms with Gasteiger partial charge in [0.15, 0.2) is 0 Å². The first kappa shape index (κ1) is 14.2. The van der Waals surface area contributed by atoms with Gasteiger partial charge in [0.1, 0.15) is 0 Å². The minimum Gasteiger partial charge on any atom is -0.396 e. The number of amides is 1. The van der Waals surface area contributed by atoms with Gasteiger partial charge in [0.2, 0.25) is 5.91 Å². The van der Waals surface area contributed by atoms with Gasteiger partial charge in [-0.2, -0.15) is 0 Å². The fourth-order valence-electron chi connectivity index (χ4n) is 1.78. The molecule has 0 aromatic carbocycles. The summed E-state index contributed by atoms with van der Waals surface area (Å²) in [4.78, 5) is 11.6. The van der Waals surface area contributed by atoms with Crippen LogP contribution in [0, 0.1) is 11.8 Å². The van der Waals surface area contributed by atoms with E-state index in [0.717, 1.165) is 6.42 Å². The number of rotatable bonds is 7.